The monoisotopic (exact) mass is 286 g/mol. The molecule has 0 spiro atoms. The Morgan fingerprint density at radius 2 is 1.57 bits per heavy atom. The zero-order chi connectivity index (χ0) is 15.3. The van der Waals surface area contributed by atoms with Gasteiger partial charge in [0.2, 0.25) is 0 Å². The van der Waals surface area contributed by atoms with Gasteiger partial charge in [-0.1, -0.05) is 52.0 Å². The summed E-state index contributed by atoms with van der Waals surface area (Å²) in [4.78, 5) is 0. The van der Waals surface area contributed by atoms with Crippen LogP contribution < -0.4 is 11.1 Å². The minimum atomic E-state index is 0.198. The predicted molar refractivity (Wildman–Crippen MR) is 89.1 cm³/mol. The summed E-state index contributed by atoms with van der Waals surface area (Å²) >= 11 is 0. The van der Waals surface area contributed by atoms with Crippen LogP contribution in [0.15, 0.2) is 24.3 Å². The van der Waals surface area contributed by atoms with Crippen LogP contribution in [-0.4, -0.2) is 6.04 Å². The molecule has 2 atom stereocenters. The van der Waals surface area contributed by atoms with E-state index < -0.39 is 0 Å². The fraction of sp³-hybridized carbons (Fsp3) is 0.684. The molecule has 2 aliphatic carbocycles. The molecule has 0 amide bonds. The fourth-order valence-electron chi connectivity index (χ4n) is 5.08. The molecule has 2 heteroatoms. The Bertz CT molecular complexity index is 502. The average molecular weight is 286 g/mol. The van der Waals surface area contributed by atoms with Crippen LogP contribution in [0.2, 0.25) is 0 Å². The molecule has 1 aromatic rings. The quantitative estimate of drug-likeness (QED) is 0.849. The van der Waals surface area contributed by atoms with Crippen LogP contribution in [0.5, 0.6) is 0 Å². The van der Waals surface area contributed by atoms with E-state index in [9.17, 15) is 0 Å². The highest BCUT2D eigenvalue weighted by Gasteiger charge is 2.40. The molecule has 0 saturated heterocycles. The van der Waals surface area contributed by atoms with E-state index >= 15 is 0 Å². The van der Waals surface area contributed by atoms with Gasteiger partial charge in [-0.3, -0.25) is 0 Å². The second kappa shape index (κ2) is 5.10. The summed E-state index contributed by atoms with van der Waals surface area (Å²) in [6.45, 7) is 9.65. The molecule has 0 aliphatic heterocycles. The Balaban J connectivity index is 1.76. The third-order valence-corrected chi connectivity index (χ3v) is 5.25. The van der Waals surface area contributed by atoms with Gasteiger partial charge in [0, 0.05) is 18.1 Å². The topological polar surface area (TPSA) is 38.0 Å². The zero-order valence-electron chi connectivity index (χ0n) is 13.9. The average Bonchev–Trinajstić information content (AvgIpc) is 2.63. The van der Waals surface area contributed by atoms with Crippen LogP contribution >= 0.6 is 0 Å². The van der Waals surface area contributed by atoms with Gasteiger partial charge in [0.1, 0.15) is 0 Å². The fourth-order valence-corrected chi connectivity index (χ4v) is 5.08. The first-order chi connectivity index (χ1) is 9.76. The maximum absolute atomic E-state index is 6.31. The van der Waals surface area contributed by atoms with Gasteiger partial charge in [0.05, 0.1) is 0 Å². The van der Waals surface area contributed by atoms with E-state index in [1.54, 1.807) is 0 Å². The van der Waals surface area contributed by atoms with Gasteiger partial charge in [-0.15, -0.1) is 0 Å². The standard InChI is InChI=1S/C19H30N2/c1-18(2)10-13(11-19(3,4)12-18)21-17-9-16(20)14-7-5-6-8-15(14)17/h5-8,13,16-17,21H,9-12,20H2,1-4H3. The molecule has 3 N–H and O–H groups in total. The lowest BCUT2D eigenvalue weighted by atomic mass is 9.63. The van der Waals surface area contributed by atoms with E-state index in [1.807, 2.05) is 0 Å². The molecule has 0 bridgehead atoms. The Morgan fingerprint density at radius 3 is 2.19 bits per heavy atom. The van der Waals surface area contributed by atoms with Gasteiger partial charge < -0.3 is 11.1 Å². The zero-order valence-corrected chi connectivity index (χ0v) is 13.9. The van der Waals surface area contributed by atoms with E-state index in [-0.39, 0.29) is 6.04 Å². The first-order valence-corrected chi connectivity index (χ1v) is 8.36. The molecule has 0 radical (unpaired) electrons. The van der Waals surface area contributed by atoms with Crippen molar-refractivity contribution in [2.75, 3.05) is 0 Å². The number of rotatable bonds is 2. The molecule has 0 aromatic heterocycles. The number of hydrogen-bond donors (Lipinski definition) is 2. The Labute approximate surface area is 129 Å². The normalized spacial score (nSPS) is 31.1. The highest BCUT2D eigenvalue weighted by atomic mass is 15.0. The van der Waals surface area contributed by atoms with Crippen molar-refractivity contribution in [2.24, 2.45) is 16.6 Å². The van der Waals surface area contributed by atoms with Crippen molar-refractivity contribution in [1.82, 2.24) is 5.32 Å². The van der Waals surface area contributed by atoms with Crippen molar-refractivity contribution >= 4 is 0 Å². The second-order valence-electron chi connectivity index (χ2n) is 8.80. The molecule has 2 unspecified atom stereocenters. The first-order valence-electron chi connectivity index (χ1n) is 8.36. The second-order valence-corrected chi connectivity index (χ2v) is 8.80. The lowest BCUT2D eigenvalue weighted by Gasteiger charge is -2.46. The molecule has 0 heterocycles. The Hall–Kier alpha value is -0.860. The van der Waals surface area contributed by atoms with Crippen LogP contribution in [0.1, 0.15) is 76.6 Å². The predicted octanol–water partition coefficient (Wildman–Crippen LogP) is 4.33. The van der Waals surface area contributed by atoms with Crippen LogP contribution in [0.4, 0.5) is 0 Å². The SMILES string of the molecule is CC1(C)CC(NC2CC(N)c3ccccc32)CC(C)(C)C1. The highest BCUT2D eigenvalue weighted by Crippen LogP contribution is 2.47. The Morgan fingerprint density at radius 1 is 1.00 bits per heavy atom. The number of hydrogen-bond acceptors (Lipinski definition) is 2. The number of fused-ring (bicyclic) bond motifs is 1. The lowest BCUT2D eigenvalue weighted by Crippen LogP contribution is -2.44. The van der Waals surface area contributed by atoms with Gasteiger partial charge in [-0.05, 0) is 47.6 Å². The molecule has 1 fully saturated rings. The van der Waals surface area contributed by atoms with Crippen molar-refractivity contribution in [2.45, 2.75) is 71.5 Å². The van der Waals surface area contributed by atoms with Crippen molar-refractivity contribution in [3.05, 3.63) is 35.4 Å². The molecule has 21 heavy (non-hydrogen) atoms. The van der Waals surface area contributed by atoms with Crippen LogP contribution in [-0.2, 0) is 0 Å². The summed E-state index contributed by atoms with van der Waals surface area (Å²) in [6, 6.07) is 9.92. The maximum Gasteiger partial charge on any atom is 0.0344 e. The number of benzene rings is 1. The summed E-state index contributed by atoms with van der Waals surface area (Å²) in [5.74, 6) is 0. The molecule has 116 valence electrons. The lowest BCUT2D eigenvalue weighted by molar-refractivity contribution is 0.0799. The summed E-state index contributed by atoms with van der Waals surface area (Å²) in [6.07, 6.45) is 4.89. The van der Waals surface area contributed by atoms with Crippen LogP contribution in [0.25, 0.3) is 0 Å². The van der Waals surface area contributed by atoms with Gasteiger partial charge in [0.25, 0.3) is 0 Å². The van der Waals surface area contributed by atoms with Crippen molar-refractivity contribution in [3.63, 3.8) is 0 Å². The number of nitrogens with two attached hydrogens (primary N) is 1. The molecule has 2 aliphatic rings. The van der Waals surface area contributed by atoms with Crippen molar-refractivity contribution in [1.29, 1.82) is 0 Å². The molecule has 1 saturated carbocycles. The van der Waals surface area contributed by atoms with E-state index in [0.29, 0.717) is 22.9 Å². The molecular weight excluding hydrogens is 256 g/mol. The molecule has 3 rings (SSSR count). The van der Waals surface area contributed by atoms with Crippen molar-refractivity contribution in [3.8, 4) is 0 Å². The summed E-state index contributed by atoms with van der Waals surface area (Å²) < 4.78 is 0. The third-order valence-electron chi connectivity index (χ3n) is 5.25. The van der Waals surface area contributed by atoms with E-state index in [4.69, 9.17) is 5.73 Å². The summed E-state index contributed by atoms with van der Waals surface area (Å²) in [5.41, 5.74) is 9.93. The molecule has 2 nitrogen and oxygen atoms in total. The summed E-state index contributed by atoms with van der Waals surface area (Å²) in [7, 11) is 0. The van der Waals surface area contributed by atoms with E-state index in [0.717, 1.165) is 6.42 Å². The Kier molecular flexibility index (Phi) is 3.66. The van der Waals surface area contributed by atoms with Gasteiger partial charge in [-0.25, -0.2) is 0 Å². The van der Waals surface area contributed by atoms with Crippen LogP contribution in [0.3, 0.4) is 0 Å². The smallest absolute Gasteiger partial charge is 0.0344 e. The van der Waals surface area contributed by atoms with Crippen molar-refractivity contribution < 1.29 is 0 Å². The largest absolute Gasteiger partial charge is 0.324 e. The minimum Gasteiger partial charge on any atom is -0.324 e. The molecular formula is C19H30N2. The highest BCUT2D eigenvalue weighted by molar-refractivity contribution is 5.37. The van der Waals surface area contributed by atoms with Crippen LogP contribution in [0, 0.1) is 10.8 Å². The maximum atomic E-state index is 6.31. The first kappa shape index (κ1) is 15.1. The van der Waals surface area contributed by atoms with Gasteiger partial charge >= 0.3 is 0 Å². The summed E-state index contributed by atoms with van der Waals surface area (Å²) in [5, 5.41) is 3.94. The van der Waals surface area contributed by atoms with E-state index in [1.165, 1.54) is 30.4 Å². The van der Waals surface area contributed by atoms with Gasteiger partial charge in [0.15, 0.2) is 0 Å². The van der Waals surface area contributed by atoms with E-state index in [2.05, 4.69) is 57.3 Å². The van der Waals surface area contributed by atoms with Gasteiger partial charge in [-0.2, -0.15) is 0 Å². The number of nitrogens with one attached hydrogen (secondary N) is 1. The third kappa shape index (κ3) is 3.17. The minimum absolute atomic E-state index is 0.198. The molecule has 1 aromatic carbocycles.